The van der Waals surface area contributed by atoms with E-state index in [0.29, 0.717) is 12.3 Å². The van der Waals surface area contributed by atoms with Crippen molar-refractivity contribution in [3.63, 3.8) is 0 Å². The number of primary amides is 1. The number of hydrogen-bond donors (Lipinski definition) is 2. The summed E-state index contributed by atoms with van der Waals surface area (Å²) in [5, 5.41) is 3.26. The van der Waals surface area contributed by atoms with E-state index in [9.17, 15) is 4.79 Å². The van der Waals surface area contributed by atoms with Crippen LogP contribution in [0, 0.1) is 5.41 Å². The Balaban J connectivity index is 0.00000242. The molecule has 1 amide bonds. The molecule has 124 valence electrons. The van der Waals surface area contributed by atoms with Gasteiger partial charge in [0.05, 0.1) is 6.54 Å². The number of guanidine groups is 1. The minimum Gasteiger partial charge on any atom is -0.454 e. The molecule has 0 atom stereocenters. The number of nitrogens with one attached hydrogen (secondary N) is 1. The van der Waals surface area contributed by atoms with Crippen molar-refractivity contribution >= 4 is 35.8 Å². The van der Waals surface area contributed by atoms with Gasteiger partial charge in [-0.15, -0.1) is 24.0 Å². The van der Waals surface area contributed by atoms with Crippen LogP contribution in [0.1, 0.15) is 44.0 Å². The van der Waals surface area contributed by atoms with Crippen LogP contribution in [-0.2, 0) is 6.54 Å². The molecule has 6 nitrogen and oxygen atoms in total. The molecule has 0 saturated carbocycles. The van der Waals surface area contributed by atoms with Crippen LogP contribution >= 0.6 is 24.0 Å². The Morgan fingerprint density at radius 3 is 2.45 bits per heavy atom. The third-order valence-electron chi connectivity index (χ3n) is 4.68. The van der Waals surface area contributed by atoms with Crippen molar-refractivity contribution in [3.8, 4) is 0 Å². The molecule has 0 radical (unpaired) electrons. The normalized spacial score (nSPS) is 19.1. The quantitative estimate of drug-likeness (QED) is 0.446. The molecule has 0 spiro atoms. The van der Waals surface area contributed by atoms with Crippen molar-refractivity contribution in [2.45, 2.75) is 39.8 Å². The summed E-state index contributed by atoms with van der Waals surface area (Å²) in [7, 11) is 1.76. The van der Waals surface area contributed by atoms with E-state index in [4.69, 9.17) is 10.2 Å². The van der Waals surface area contributed by atoms with Gasteiger partial charge < -0.3 is 20.4 Å². The van der Waals surface area contributed by atoms with Crippen LogP contribution in [0.2, 0.25) is 0 Å². The molecule has 1 aromatic heterocycles. The lowest BCUT2D eigenvalue weighted by molar-refractivity contribution is -0.0668. The van der Waals surface area contributed by atoms with E-state index >= 15 is 0 Å². The van der Waals surface area contributed by atoms with Gasteiger partial charge in [0.25, 0.3) is 5.91 Å². The van der Waals surface area contributed by atoms with Gasteiger partial charge in [-0.1, -0.05) is 13.8 Å². The van der Waals surface area contributed by atoms with Crippen LogP contribution in [0.5, 0.6) is 0 Å². The molecule has 0 aliphatic carbocycles. The second kappa shape index (κ2) is 6.47. The van der Waals surface area contributed by atoms with Crippen LogP contribution in [-0.4, -0.2) is 35.9 Å². The monoisotopic (exact) mass is 420 g/mol. The standard InChI is InChI=1S/C15H24N4O2.HI/c1-14(2)9-19(15(14,3)4)13(17-5)18-8-10-6-7-11(21-10)12(16)20;/h6-7H,8-9H2,1-5H3,(H2,16,20)(H,17,18);1H. The number of nitrogens with zero attached hydrogens (tertiary/aromatic N) is 2. The van der Waals surface area contributed by atoms with Gasteiger partial charge in [0.15, 0.2) is 11.7 Å². The fourth-order valence-electron chi connectivity index (χ4n) is 2.47. The van der Waals surface area contributed by atoms with Crippen LogP contribution in [0.4, 0.5) is 0 Å². The first kappa shape index (κ1) is 18.8. The second-order valence-electron chi connectivity index (χ2n) is 6.56. The molecule has 0 unspecified atom stereocenters. The zero-order chi connectivity index (χ0) is 15.8. The maximum Gasteiger partial charge on any atom is 0.284 e. The Bertz CT molecular complexity index is 578. The predicted octanol–water partition coefficient (Wildman–Crippen LogP) is 2.19. The number of hydrogen-bond acceptors (Lipinski definition) is 3. The van der Waals surface area contributed by atoms with E-state index in [0.717, 1.165) is 12.5 Å². The largest absolute Gasteiger partial charge is 0.454 e. The maximum absolute atomic E-state index is 11.0. The number of amides is 1. The topological polar surface area (TPSA) is 83.9 Å². The number of carbonyl (C=O) groups excluding carboxylic acids is 1. The number of furan rings is 1. The summed E-state index contributed by atoms with van der Waals surface area (Å²) in [6.45, 7) is 10.3. The maximum atomic E-state index is 11.0. The van der Waals surface area contributed by atoms with Gasteiger partial charge >= 0.3 is 0 Å². The molecule has 1 saturated heterocycles. The summed E-state index contributed by atoms with van der Waals surface area (Å²) in [5.41, 5.74) is 5.45. The Morgan fingerprint density at radius 2 is 2.05 bits per heavy atom. The van der Waals surface area contributed by atoms with Gasteiger partial charge in [-0.05, 0) is 26.0 Å². The lowest BCUT2D eigenvalue weighted by Gasteiger charge is -2.62. The molecule has 7 heteroatoms. The molecule has 2 heterocycles. The molecule has 0 bridgehead atoms. The molecular formula is C15H25IN4O2. The number of aliphatic imine (C=N–C) groups is 1. The van der Waals surface area contributed by atoms with E-state index in [1.165, 1.54) is 0 Å². The first-order chi connectivity index (χ1) is 9.69. The van der Waals surface area contributed by atoms with Gasteiger partial charge in [-0.3, -0.25) is 9.79 Å². The van der Waals surface area contributed by atoms with Crippen LogP contribution in [0.3, 0.4) is 0 Å². The molecule has 3 N–H and O–H groups in total. The minimum atomic E-state index is -0.559. The van der Waals surface area contributed by atoms with E-state index in [1.54, 1.807) is 19.2 Å². The molecule has 2 rings (SSSR count). The fourth-order valence-corrected chi connectivity index (χ4v) is 2.47. The average Bonchev–Trinajstić information content (AvgIpc) is 2.87. The number of halogens is 1. The summed E-state index contributed by atoms with van der Waals surface area (Å²) in [6, 6.07) is 3.32. The first-order valence-electron chi connectivity index (χ1n) is 7.06. The van der Waals surface area contributed by atoms with Gasteiger partial charge in [0.2, 0.25) is 0 Å². The van der Waals surface area contributed by atoms with Crippen molar-refractivity contribution in [2.75, 3.05) is 13.6 Å². The Hall–Kier alpha value is -1.25. The van der Waals surface area contributed by atoms with Crippen LogP contribution in [0.25, 0.3) is 0 Å². The highest BCUT2D eigenvalue weighted by atomic mass is 127. The third-order valence-corrected chi connectivity index (χ3v) is 4.68. The van der Waals surface area contributed by atoms with E-state index in [-0.39, 0.29) is 40.7 Å². The molecular weight excluding hydrogens is 395 g/mol. The van der Waals surface area contributed by atoms with E-state index in [1.807, 2.05) is 0 Å². The molecule has 1 aliphatic heterocycles. The van der Waals surface area contributed by atoms with Gasteiger partial charge in [0.1, 0.15) is 5.76 Å². The summed E-state index contributed by atoms with van der Waals surface area (Å²) in [4.78, 5) is 17.6. The Kier molecular flexibility index (Phi) is 5.53. The molecule has 1 aliphatic rings. The van der Waals surface area contributed by atoms with Gasteiger partial charge in [-0.2, -0.15) is 0 Å². The van der Waals surface area contributed by atoms with Crippen molar-refractivity contribution < 1.29 is 9.21 Å². The molecule has 0 aromatic carbocycles. The lowest BCUT2D eigenvalue weighted by atomic mass is 9.65. The summed E-state index contributed by atoms with van der Waals surface area (Å²) in [6.07, 6.45) is 0. The van der Waals surface area contributed by atoms with Crippen molar-refractivity contribution in [2.24, 2.45) is 16.1 Å². The smallest absolute Gasteiger partial charge is 0.284 e. The highest BCUT2D eigenvalue weighted by Gasteiger charge is 2.53. The fraction of sp³-hybridized carbons (Fsp3) is 0.600. The Labute approximate surface area is 148 Å². The zero-order valence-corrected chi connectivity index (χ0v) is 16.1. The first-order valence-corrected chi connectivity index (χ1v) is 7.06. The molecule has 22 heavy (non-hydrogen) atoms. The van der Waals surface area contributed by atoms with Gasteiger partial charge in [-0.25, -0.2) is 0 Å². The third kappa shape index (κ3) is 3.23. The van der Waals surface area contributed by atoms with Crippen LogP contribution < -0.4 is 11.1 Å². The Morgan fingerprint density at radius 1 is 1.41 bits per heavy atom. The van der Waals surface area contributed by atoms with E-state index < -0.39 is 5.91 Å². The number of nitrogens with two attached hydrogens (primary N) is 1. The van der Waals surface area contributed by atoms with E-state index in [2.05, 4.69) is 42.9 Å². The molecule has 1 fully saturated rings. The van der Waals surface area contributed by atoms with Crippen LogP contribution in [0.15, 0.2) is 21.5 Å². The molecule has 1 aromatic rings. The predicted molar refractivity (Wildman–Crippen MR) is 97.4 cm³/mol. The van der Waals surface area contributed by atoms with Gasteiger partial charge in [0, 0.05) is 24.5 Å². The SMILES string of the molecule is CN=C(NCc1ccc(C(N)=O)o1)N1CC(C)(C)C1(C)C.I. The van der Waals surface area contributed by atoms with Crippen molar-refractivity contribution in [1.29, 1.82) is 0 Å². The highest BCUT2D eigenvalue weighted by molar-refractivity contribution is 14.0. The zero-order valence-electron chi connectivity index (χ0n) is 13.8. The lowest BCUT2D eigenvalue weighted by Crippen LogP contribution is -2.72. The van der Waals surface area contributed by atoms with Crippen molar-refractivity contribution in [3.05, 3.63) is 23.7 Å². The summed E-state index contributed by atoms with van der Waals surface area (Å²) >= 11 is 0. The minimum absolute atomic E-state index is 0. The number of carbonyl (C=O) groups is 1. The second-order valence-corrected chi connectivity index (χ2v) is 6.56. The average molecular weight is 420 g/mol. The number of rotatable bonds is 3. The highest BCUT2D eigenvalue weighted by Crippen LogP contribution is 2.46. The number of likely N-dealkylation sites (tertiary alicyclic amines) is 1. The summed E-state index contributed by atoms with van der Waals surface area (Å²) < 4.78 is 5.35. The summed E-state index contributed by atoms with van der Waals surface area (Å²) in [5.74, 6) is 1.10. The van der Waals surface area contributed by atoms with Crippen molar-refractivity contribution in [1.82, 2.24) is 10.2 Å².